The number of methoxy groups -OCH3 is 1. The molecule has 4 aromatic rings. The maximum Gasteiger partial charge on any atom is 0.271 e. The number of fused-ring (bicyclic) bond motifs is 1. The van der Waals surface area contributed by atoms with Gasteiger partial charge in [0.25, 0.3) is 11.5 Å². The Kier molecular flexibility index (Phi) is 5.36. The van der Waals surface area contributed by atoms with Crippen LogP contribution >= 0.6 is 11.3 Å². The number of rotatable bonds is 4. The number of hydrogen-bond acceptors (Lipinski definition) is 6. The molecule has 0 atom stereocenters. The minimum Gasteiger partial charge on any atom is -0.497 e. The number of benzene rings is 2. The molecule has 0 saturated carbocycles. The predicted octanol–water partition coefficient (Wildman–Crippen LogP) is 3.39. The molecular weight excluding hydrogens is 424 g/mol. The summed E-state index contributed by atoms with van der Waals surface area (Å²) in [6, 6.07) is 17.6. The molecule has 1 amide bonds. The molecule has 1 saturated heterocycles. The first-order valence-corrected chi connectivity index (χ1v) is 11.3. The lowest BCUT2D eigenvalue weighted by Crippen LogP contribution is -2.49. The van der Waals surface area contributed by atoms with Gasteiger partial charge in [0.1, 0.15) is 11.3 Å². The molecule has 7 nitrogen and oxygen atoms in total. The third kappa shape index (κ3) is 3.62. The molecule has 0 N–H and O–H groups in total. The highest BCUT2D eigenvalue weighted by molar-refractivity contribution is 7.15. The summed E-state index contributed by atoms with van der Waals surface area (Å²) in [6.07, 6.45) is 1.42. The van der Waals surface area contributed by atoms with Gasteiger partial charge in [-0.25, -0.2) is 4.98 Å². The van der Waals surface area contributed by atoms with Crippen molar-refractivity contribution < 1.29 is 9.53 Å². The third-order valence-electron chi connectivity index (χ3n) is 5.75. The first kappa shape index (κ1) is 20.3. The van der Waals surface area contributed by atoms with Crippen molar-refractivity contribution in [1.29, 1.82) is 0 Å². The van der Waals surface area contributed by atoms with Gasteiger partial charge in [0.2, 0.25) is 0 Å². The normalized spacial score (nSPS) is 14.0. The molecule has 1 aliphatic heterocycles. The smallest absolute Gasteiger partial charge is 0.271 e. The number of nitrogens with zero attached hydrogens (tertiary/aromatic N) is 4. The number of thiazole rings is 1. The Labute approximate surface area is 189 Å². The lowest BCUT2D eigenvalue weighted by Gasteiger charge is -2.36. The Morgan fingerprint density at radius 1 is 1.00 bits per heavy atom. The number of carbonyl (C=O) groups is 1. The molecule has 3 heterocycles. The van der Waals surface area contributed by atoms with Crippen LogP contribution in [0.25, 0.3) is 16.2 Å². The standard InChI is InChI=1S/C24H22N4O3S/c1-31-19-9-7-18(8-10-19)26-11-13-27(14-12-26)22(29)20-15-25-24-28(23(20)30)21(16-32-24)17-5-3-2-4-6-17/h2-10,15-16H,11-14H2,1H3. The van der Waals surface area contributed by atoms with E-state index in [-0.39, 0.29) is 17.0 Å². The van der Waals surface area contributed by atoms with Crippen molar-refractivity contribution >= 4 is 27.9 Å². The summed E-state index contributed by atoms with van der Waals surface area (Å²) < 4.78 is 6.76. The number of aromatic nitrogens is 2. The monoisotopic (exact) mass is 446 g/mol. The molecule has 0 bridgehead atoms. The van der Waals surface area contributed by atoms with E-state index in [0.717, 1.165) is 22.7 Å². The summed E-state index contributed by atoms with van der Waals surface area (Å²) in [5.74, 6) is 0.547. The third-order valence-corrected chi connectivity index (χ3v) is 6.59. The zero-order chi connectivity index (χ0) is 22.1. The summed E-state index contributed by atoms with van der Waals surface area (Å²) >= 11 is 1.39. The van der Waals surface area contributed by atoms with E-state index in [1.807, 2.05) is 60.0 Å². The SMILES string of the molecule is COc1ccc(N2CCN(C(=O)c3cnc4scc(-c5ccccc5)n4c3=O)CC2)cc1. The molecule has 2 aromatic heterocycles. The second kappa shape index (κ2) is 8.47. The van der Waals surface area contributed by atoms with Crippen LogP contribution in [0, 0.1) is 0 Å². The molecule has 0 radical (unpaired) electrons. The molecule has 0 unspecified atom stereocenters. The van der Waals surface area contributed by atoms with Gasteiger partial charge in [-0.15, -0.1) is 11.3 Å². The highest BCUT2D eigenvalue weighted by Crippen LogP contribution is 2.24. The average Bonchev–Trinajstić information content (AvgIpc) is 3.30. The minimum atomic E-state index is -0.322. The number of carbonyl (C=O) groups excluding carboxylic acids is 1. The molecule has 8 heteroatoms. The average molecular weight is 447 g/mol. The lowest BCUT2D eigenvalue weighted by atomic mass is 10.2. The van der Waals surface area contributed by atoms with Gasteiger partial charge >= 0.3 is 0 Å². The summed E-state index contributed by atoms with van der Waals surface area (Å²) in [5.41, 5.74) is 2.54. The van der Waals surface area contributed by atoms with Crippen LogP contribution in [-0.4, -0.2) is 53.5 Å². The van der Waals surface area contributed by atoms with E-state index in [1.165, 1.54) is 17.5 Å². The Morgan fingerprint density at radius 2 is 1.72 bits per heavy atom. The quantitative estimate of drug-likeness (QED) is 0.481. The van der Waals surface area contributed by atoms with Crippen LogP contribution in [0.2, 0.25) is 0 Å². The molecule has 2 aromatic carbocycles. The first-order valence-electron chi connectivity index (χ1n) is 10.4. The maximum atomic E-state index is 13.3. The van der Waals surface area contributed by atoms with Crippen LogP contribution < -0.4 is 15.2 Å². The molecule has 0 aliphatic carbocycles. The van der Waals surface area contributed by atoms with E-state index < -0.39 is 0 Å². The van der Waals surface area contributed by atoms with E-state index in [2.05, 4.69) is 9.88 Å². The topological polar surface area (TPSA) is 67.2 Å². The van der Waals surface area contributed by atoms with Crippen LogP contribution in [0.4, 0.5) is 5.69 Å². The van der Waals surface area contributed by atoms with E-state index in [0.29, 0.717) is 31.1 Å². The van der Waals surface area contributed by atoms with Crippen molar-refractivity contribution in [2.45, 2.75) is 0 Å². The summed E-state index contributed by atoms with van der Waals surface area (Å²) in [6.45, 7) is 2.48. The highest BCUT2D eigenvalue weighted by atomic mass is 32.1. The van der Waals surface area contributed by atoms with Gasteiger partial charge in [0.05, 0.1) is 12.8 Å². The molecule has 0 spiro atoms. The van der Waals surface area contributed by atoms with Gasteiger partial charge in [-0.05, 0) is 29.8 Å². The predicted molar refractivity (Wildman–Crippen MR) is 126 cm³/mol. The summed E-state index contributed by atoms with van der Waals surface area (Å²) in [7, 11) is 1.65. The van der Waals surface area contributed by atoms with Crippen LogP contribution in [-0.2, 0) is 0 Å². The zero-order valence-corrected chi connectivity index (χ0v) is 18.4. The van der Waals surface area contributed by atoms with Crippen LogP contribution in [0.15, 0.2) is 71.0 Å². The second-order valence-electron chi connectivity index (χ2n) is 7.56. The van der Waals surface area contributed by atoms with Crippen molar-refractivity contribution in [3.8, 4) is 17.0 Å². The summed E-state index contributed by atoms with van der Waals surface area (Å²) in [4.78, 5) is 35.4. The van der Waals surface area contributed by atoms with E-state index in [9.17, 15) is 9.59 Å². The Morgan fingerprint density at radius 3 is 2.41 bits per heavy atom. The largest absolute Gasteiger partial charge is 0.497 e. The molecule has 1 aliphatic rings. The number of anilines is 1. The Bertz CT molecular complexity index is 1310. The highest BCUT2D eigenvalue weighted by Gasteiger charge is 2.25. The second-order valence-corrected chi connectivity index (χ2v) is 8.40. The van der Waals surface area contributed by atoms with Crippen LogP contribution in [0.1, 0.15) is 10.4 Å². The van der Waals surface area contributed by atoms with Gasteiger partial charge in [0, 0.05) is 43.4 Å². The van der Waals surface area contributed by atoms with Gasteiger partial charge in [-0.2, -0.15) is 0 Å². The van der Waals surface area contributed by atoms with Crippen molar-refractivity contribution in [2.75, 3.05) is 38.2 Å². The van der Waals surface area contributed by atoms with Gasteiger partial charge in [-0.1, -0.05) is 30.3 Å². The zero-order valence-electron chi connectivity index (χ0n) is 17.6. The van der Waals surface area contributed by atoms with E-state index >= 15 is 0 Å². The van der Waals surface area contributed by atoms with E-state index in [4.69, 9.17) is 4.74 Å². The Balaban J connectivity index is 1.37. The maximum absolute atomic E-state index is 13.3. The fraction of sp³-hybridized carbons (Fsp3) is 0.208. The van der Waals surface area contributed by atoms with Crippen molar-refractivity contribution in [3.05, 3.63) is 82.1 Å². The van der Waals surface area contributed by atoms with Crippen molar-refractivity contribution in [1.82, 2.24) is 14.3 Å². The molecule has 5 rings (SSSR count). The Hall–Kier alpha value is -3.65. The van der Waals surface area contributed by atoms with E-state index in [1.54, 1.807) is 16.4 Å². The van der Waals surface area contributed by atoms with Gasteiger partial charge in [-0.3, -0.25) is 14.0 Å². The fourth-order valence-corrected chi connectivity index (χ4v) is 4.84. The van der Waals surface area contributed by atoms with Gasteiger partial charge in [0.15, 0.2) is 4.96 Å². The first-order chi connectivity index (χ1) is 15.7. The van der Waals surface area contributed by atoms with Crippen LogP contribution in [0.3, 0.4) is 0 Å². The minimum absolute atomic E-state index is 0.107. The molecular formula is C24H22N4O3S. The number of piperazine rings is 1. The number of hydrogen-bond donors (Lipinski definition) is 0. The number of ether oxygens (including phenoxy) is 1. The number of amides is 1. The fourth-order valence-electron chi connectivity index (χ4n) is 3.98. The van der Waals surface area contributed by atoms with Crippen molar-refractivity contribution in [3.63, 3.8) is 0 Å². The summed E-state index contributed by atoms with van der Waals surface area (Å²) in [5, 5.41) is 1.90. The van der Waals surface area contributed by atoms with Crippen molar-refractivity contribution in [2.24, 2.45) is 0 Å². The van der Waals surface area contributed by atoms with Gasteiger partial charge < -0.3 is 14.5 Å². The molecule has 162 valence electrons. The molecule has 1 fully saturated rings. The molecule has 32 heavy (non-hydrogen) atoms. The lowest BCUT2D eigenvalue weighted by molar-refractivity contribution is 0.0744. The van der Waals surface area contributed by atoms with Crippen LogP contribution in [0.5, 0.6) is 5.75 Å².